The number of rotatable bonds is 2. The summed E-state index contributed by atoms with van der Waals surface area (Å²) in [5, 5.41) is 3.19. The average molecular weight is 248 g/mol. The van der Waals surface area contributed by atoms with Gasteiger partial charge in [-0.2, -0.15) is 0 Å². The summed E-state index contributed by atoms with van der Waals surface area (Å²) in [6, 6.07) is 7.04. The van der Waals surface area contributed by atoms with Crippen LogP contribution in [0.4, 0.5) is 5.69 Å². The Morgan fingerprint density at radius 3 is 2.53 bits per heavy atom. The summed E-state index contributed by atoms with van der Waals surface area (Å²) >= 11 is 5.94. The van der Waals surface area contributed by atoms with E-state index in [0.29, 0.717) is 22.1 Å². The third-order valence-electron chi connectivity index (χ3n) is 2.17. The normalized spacial score (nSPS) is 10.0. The van der Waals surface area contributed by atoms with Gasteiger partial charge in [0.05, 0.1) is 16.3 Å². The summed E-state index contributed by atoms with van der Waals surface area (Å²) in [5.41, 5.74) is 0.968. The molecule has 0 fully saturated rings. The summed E-state index contributed by atoms with van der Waals surface area (Å²) in [6.45, 7) is 1.76. The highest BCUT2D eigenvalue weighted by atomic mass is 35.5. The summed E-state index contributed by atoms with van der Waals surface area (Å²) in [4.78, 5) is 19.7. The lowest BCUT2D eigenvalue weighted by Gasteiger charge is -2.06. The van der Waals surface area contributed by atoms with E-state index in [1.54, 1.807) is 31.2 Å². The number of halogens is 1. The van der Waals surface area contributed by atoms with Crippen molar-refractivity contribution in [2.45, 2.75) is 6.92 Å². The van der Waals surface area contributed by atoms with Crippen molar-refractivity contribution < 1.29 is 4.79 Å². The van der Waals surface area contributed by atoms with E-state index in [9.17, 15) is 4.79 Å². The van der Waals surface area contributed by atoms with Crippen molar-refractivity contribution in [3.05, 3.63) is 53.1 Å². The number of carbonyl (C=O) groups is 1. The molecule has 86 valence electrons. The van der Waals surface area contributed by atoms with Crippen LogP contribution in [0, 0.1) is 6.92 Å². The second kappa shape index (κ2) is 4.93. The van der Waals surface area contributed by atoms with Crippen LogP contribution in [0.5, 0.6) is 0 Å². The highest BCUT2D eigenvalue weighted by Gasteiger charge is 2.08. The van der Waals surface area contributed by atoms with Crippen molar-refractivity contribution in [3.63, 3.8) is 0 Å². The van der Waals surface area contributed by atoms with Gasteiger partial charge in [-0.15, -0.1) is 0 Å². The molecule has 1 amide bonds. The number of benzene rings is 1. The number of carbonyl (C=O) groups excluding carboxylic acids is 1. The average Bonchev–Trinajstić information content (AvgIpc) is 2.33. The van der Waals surface area contributed by atoms with Crippen LogP contribution < -0.4 is 5.32 Å². The van der Waals surface area contributed by atoms with Gasteiger partial charge in [0.1, 0.15) is 5.82 Å². The van der Waals surface area contributed by atoms with Crippen molar-refractivity contribution >= 4 is 23.2 Å². The fourth-order valence-electron chi connectivity index (χ4n) is 1.27. The van der Waals surface area contributed by atoms with Crippen molar-refractivity contribution in [1.82, 2.24) is 9.97 Å². The molecule has 0 bridgehead atoms. The van der Waals surface area contributed by atoms with Gasteiger partial charge in [-0.25, -0.2) is 9.97 Å². The molecule has 0 saturated carbocycles. The lowest BCUT2D eigenvalue weighted by atomic mass is 10.2. The number of hydrogen-bond acceptors (Lipinski definition) is 3. The van der Waals surface area contributed by atoms with E-state index < -0.39 is 0 Å². The first kappa shape index (κ1) is 11.5. The molecule has 2 aromatic rings. The predicted octanol–water partition coefficient (Wildman–Crippen LogP) is 2.69. The van der Waals surface area contributed by atoms with Crippen molar-refractivity contribution in [3.8, 4) is 0 Å². The zero-order valence-electron chi connectivity index (χ0n) is 9.14. The molecular formula is C12H10ClN3O. The van der Waals surface area contributed by atoms with Crippen LogP contribution in [0.2, 0.25) is 5.02 Å². The summed E-state index contributed by atoms with van der Waals surface area (Å²) in [5.74, 6) is 0.345. The molecule has 1 heterocycles. The molecule has 0 aliphatic rings. The summed E-state index contributed by atoms with van der Waals surface area (Å²) < 4.78 is 0. The van der Waals surface area contributed by atoms with E-state index >= 15 is 0 Å². The van der Waals surface area contributed by atoms with Crippen LogP contribution in [0.25, 0.3) is 0 Å². The van der Waals surface area contributed by atoms with E-state index in [4.69, 9.17) is 11.6 Å². The molecule has 0 spiro atoms. The molecule has 1 aromatic heterocycles. The van der Waals surface area contributed by atoms with Gasteiger partial charge in [0.15, 0.2) is 0 Å². The Labute approximate surface area is 104 Å². The standard InChI is InChI=1S/C12H10ClN3O/c1-8-14-6-9(7-15-8)12(17)16-11-5-3-2-4-10(11)13/h2-7H,1H3,(H,16,17). The molecule has 0 aliphatic carbocycles. The monoisotopic (exact) mass is 247 g/mol. The lowest BCUT2D eigenvalue weighted by molar-refractivity contribution is 0.102. The molecule has 0 aliphatic heterocycles. The summed E-state index contributed by atoms with van der Waals surface area (Å²) in [6.07, 6.45) is 2.96. The van der Waals surface area contributed by atoms with Crippen LogP contribution in [0.3, 0.4) is 0 Å². The summed E-state index contributed by atoms with van der Waals surface area (Å²) in [7, 11) is 0. The molecular weight excluding hydrogens is 238 g/mol. The third-order valence-corrected chi connectivity index (χ3v) is 2.49. The Morgan fingerprint density at radius 1 is 1.24 bits per heavy atom. The maximum atomic E-state index is 11.8. The largest absolute Gasteiger partial charge is 0.321 e. The van der Waals surface area contributed by atoms with E-state index in [2.05, 4.69) is 15.3 Å². The quantitative estimate of drug-likeness (QED) is 0.888. The van der Waals surface area contributed by atoms with E-state index in [1.165, 1.54) is 12.4 Å². The van der Waals surface area contributed by atoms with Gasteiger partial charge < -0.3 is 5.32 Å². The topological polar surface area (TPSA) is 54.9 Å². The van der Waals surface area contributed by atoms with E-state index in [-0.39, 0.29) is 5.91 Å². The Bertz CT molecular complexity index is 540. The number of aromatic nitrogens is 2. The fraction of sp³-hybridized carbons (Fsp3) is 0.0833. The van der Waals surface area contributed by atoms with Crippen LogP contribution in [0.15, 0.2) is 36.7 Å². The number of aryl methyl sites for hydroxylation is 1. The van der Waals surface area contributed by atoms with Crippen LogP contribution in [-0.4, -0.2) is 15.9 Å². The van der Waals surface area contributed by atoms with Gasteiger partial charge in [0.2, 0.25) is 0 Å². The molecule has 17 heavy (non-hydrogen) atoms. The number of amides is 1. The minimum Gasteiger partial charge on any atom is -0.321 e. The first-order valence-electron chi connectivity index (χ1n) is 5.01. The second-order valence-electron chi connectivity index (χ2n) is 3.45. The van der Waals surface area contributed by atoms with Crippen molar-refractivity contribution in [2.24, 2.45) is 0 Å². The SMILES string of the molecule is Cc1ncc(C(=O)Nc2ccccc2Cl)cn1. The van der Waals surface area contributed by atoms with Crippen LogP contribution >= 0.6 is 11.6 Å². The van der Waals surface area contributed by atoms with Crippen LogP contribution in [0.1, 0.15) is 16.2 Å². The highest BCUT2D eigenvalue weighted by Crippen LogP contribution is 2.20. The molecule has 4 nitrogen and oxygen atoms in total. The molecule has 2 rings (SSSR count). The second-order valence-corrected chi connectivity index (χ2v) is 3.86. The number of para-hydroxylation sites is 1. The maximum absolute atomic E-state index is 11.8. The molecule has 0 radical (unpaired) electrons. The van der Waals surface area contributed by atoms with Gasteiger partial charge in [0, 0.05) is 12.4 Å². The first-order valence-corrected chi connectivity index (χ1v) is 5.39. The predicted molar refractivity (Wildman–Crippen MR) is 66.2 cm³/mol. The molecule has 0 unspecified atom stereocenters. The fourth-order valence-corrected chi connectivity index (χ4v) is 1.45. The smallest absolute Gasteiger partial charge is 0.258 e. The number of nitrogens with zero attached hydrogens (tertiary/aromatic N) is 2. The van der Waals surface area contributed by atoms with Crippen LogP contribution in [-0.2, 0) is 0 Å². The highest BCUT2D eigenvalue weighted by molar-refractivity contribution is 6.33. The minimum absolute atomic E-state index is 0.280. The minimum atomic E-state index is -0.280. The molecule has 5 heteroatoms. The lowest BCUT2D eigenvalue weighted by Crippen LogP contribution is -2.13. The number of nitrogens with one attached hydrogen (secondary N) is 1. The van der Waals surface area contributed by atoms with Gasteiger partial charge >= 0.3 is 0 Å². The Hall–Kier alpha value is -1.94. The van der Waals surface area contributed by atoms with Gasteiger partial charge in [0.25, 0.3) is 5.91 Å². The first-order chi connectivity index (χ1) is 8.16. The Balaban J connectivity index is 2.17. The van der Waals surface area contributed by atoms with E-state index in [1.807, 2.05) is 0 Å². The van der Waals surface area contributed by atoms with Gasteiger partial charge in [-0.3, -0.25) is 4.79 Å². The molecule has 0 saturated heterocycles. The third kappa shape index (κ3) is 2.79. The van der Waals surface area contributed by atoms with Crippen molar-refractivity contribution in [2.75, 3.05) is 5.32 Å². The number of anilines is 1. The maximum Gasteiger partial charge on any atom is 0.258 e. The Morgan fingerprint density at radius 2 is 1.88 bits per heavy atom. The van der Waals surface area contributed by atoms with Crippen molar-refractivity contribution in [1.29, 1.82) is 0 Å². The van der Waals surface area contributed by atoms with E-state index in [0.717, 1.165) is 0 Å². The molecule has 1 aromatic carbocycles. The van der Waals surface area contributed by atoms with Gasteiger partial charge in [-0.05, 0) is 19.1 Å². The zero-order valence-corrected chi connectivity index (χ0v) is 9.90. The number of hydrogen-bond donors (Lipinski definition) is 1. The van der Waals surface area contributed by atoms with Gasteiger partial charge in [-0.1, -0.05) is 23.7 Å². The zero-order chi connectivity index (χ0) is 12.3. The Kier molecular flexibility index (Phi) is 3.35. The molecule has 1 N–H and O–H groups in total. The molecule has 0 atom stereocenters.